The van der Waals surface area contributed by atoms with E-state index in [4.69, 9.17) is 5.26 Å². The second kappa shape index (κ2) is 3.90. The Labute approximate surface area is 54.7 Å². The van der Waals surface area contributed by atoms with Gasteiger partial charge in [-0.05, 0) is 0 Å². The zero-order valence-corrected chi connectivity index (χ0v) is 5.64. The first-order chi connectivity index (χ1) is 4.22. The highest BCUT2D eigenvalue weighted by molar-refractivity contribution is 5.78. The van der Waals surface area contributed by atoms with Crippen LogP contribution in [-0.2, 0) is 4.79 Å². The number of amides is 1. The van der Waals surface area contributed by atoms with E-state index in [9.17, 15) is 4.79 Å². The van der Waals surface area contributed by atoms with E-state index in [2.05, 4.69) is 5.32 Å². The van der Waals surface area contributed by atoms with E-state index < -0.39 is 0 Å². The number of hydrogen-bond donors (Lipinski definition) is 1. The summed E-state index contributed by atoms with van der Waals surface area (Å²) in [5, 5.41) is 10.6. The minimum atomic E-state index is -0.181. The van der Waals surface area contributed by atoms with Crippen LogP contribution in [-0.4, -0.2) is 13.0 Å². The van der Waals surface area contributed by atoms with Crippen molar-refractivity contribution in [3.05, 3.63) is 0 Å². The van der Waals surface area contributed by atoms with Crippen molar-refractivity contribution in [3.8, 4) is 6.07 Å². The summed E-state index contributed by atoms with van der Waals surface area (Å²) in [7, 11) is 1.57. The normalized spacial score (nSPS) is 11.7. The molecule has 0 bridgehead atoms. The van der Waals surface area contributed by atoms with Crippen LogP contribution in [0, 0.1) is 17.2 Å². The van der Waals surface area contributed by atoms with Gasteiger partial charge in [-0.1, -0.05) is 6.92 Å². The molecule has 0 aromatic rings. The summed E-state index contributed by atoms with van der Waals surface area (Å²) in [6, 6.07) is 1.92. The van der Waals surface area contributed by atoms with Crippen LogP contribution >= 0.6 is 0 Å². The van der Waals surface area contributed by atoms with Crippen LogP contribution in [0.4, 0.5) is 0 Å². The number of carbonyl (C=O) groups excluding carboxylic acids is 1. The molecule has 9 heavy (non-hydrogen) atoms. The lowest BCUT2D eigenvalue weighted by molar-refractivity contribution is -0.123. The molecule has 0 spiro atoms. The Kier molecular flexibility index (Phi) is 3.45. The smallest absolute Gasteiger partial charge is 0.223 e. The van der Waals surface area contributed by atoms with Gasteiger partial charge in [0, 0.05) is 19.4 Å². The first kappa shape index (κ1) is 7.96. The molecule has 1 unspecified atom stereocenters. The standard InChI is InChI=1S/C6H10N2O/c1-5(3-4-7)6(9)8-2/h5H,3H2,1-2H3,(H,8,9). The third kappa shape index (κ3) is 2.70. The lowest BCUT2D eigenvalue weighted by atomic mass is 10.1. The van der Waals surface area contributed by atoms with Crippen molar-refractivity contribution >= 4 is 5.91 Å². The summed E-state index contributed by atoms with van der Waals surface area (Å²) in [6.07, 6.45) is 0.291. The summed E-state index contributed by atoms with van der Waals surface area (Å²) >= 11 is 0. The SMILES string of the molecule is CNC(=O)C(C)CC#N. The summed E-state index contributed by atoms with van der Waals surface area (Å²) < 4.78 is 0. The molecular weight excluding hydrogens is 116 g/mol. The van der Waals surface area contributed by atoms with Gasteiger partial charge in [-0.2, -0.15) is 5.26 Å². The number of nitriles is 1. The Morgan fingerprint density at radius 3 is 2.78 bits per heavy atom. The molecule has 3 nitrogen and oxygen atoms in total. The van der Waals surface area contributed by atoms with Crippen molar-refractivity contribution in [1.82, 2.24) is 5.32 Å². The molecular formula is C6H10N2O. The molecule has 0 heterocycles. The summed E-state index contributed by atoms with van der Waals surface area (Å²) in [5.74, 6) is -0.253. The van der Waals surface area contributed by atoms with Gasteiger partial charge >= 0.3 is 0 Å². The van der Waals surface area contributed by atoms with Crippen LogP contribution in [0.1, 0.15) is 13.3 Å². The van der Waals surface area contributed by atoms with E-state index >= 15 is 0 Å². The van der Waals surface area contributed by atoms with Crippen LogP contribution in [0.15, 0.2) is 0 Å². The third-order valence-electron chi connectivity index (χ3n) is 1.09. The maximum absolute atomic E-state index is 10.6. The topological polar surface area (TPSA) is 52.9 Å². The maximum Gasteiger partial charge on any atom is 0.223 e. The zero-order valence-electron chi connectivity index (χ0n) is 5.64. The largest absolute Gasteiger partial charge is 0.359 e. The molecule has 0 aliphatic carbocycles. The van der Waals surface area contributed by atoms with Crippen LogP contribution in [0.25, 0.3) is 0 Å². The number of nitrogens with zero attached hydrogens (tertiary/aromatic N) is 1. The monoisotopic (exact) mass is 126 g/mol. The van der Waals surface area contributed by atoms with Crippen molar-refractivity contribution in [2.75, 3.05) is 7.05 Å². The second-order valence-corrected chi connectivity index (χ2v) is 1.88. The van der Waals surface area contributed by atoms with Gasteiger partial charge in [-0.3, -0.25) is 4.79 Å². The predicted molar refractivity (Wildman–Crippen MR) is 33.5 cm³/mol. The third-order valence-corrected chi connectivity index (χ3v) is 1.09. The van der Waals surface area contributed by atoms with Gasteiger partial charge in [0.25, 0.3) is 0 Å². The Balaban J connectivity index is 3.62. The molecule has 0 fully saturated rings. The number of nitrogens with one attached hydrogen (secondary N) is 1. The molecule has 1 N–H and O–H groups in total. The highest BCUT2D eigenvalue weighted by Crippen LogP contribution is 1.98. The number of rotatable bonds is 2. The summed E-state index contributed by atoms with van der Waals surface area (Å²) in [6.45, 7) is 1.72. The quantitative estimate of drug-likeness (QED) is 0.577. The molecule has 50 valence electrons. The molecule has 0 aromatic carbocycles. The molecule has 1 atom stereocenters. The Bertz CT molecular complexity index is 136. The average Bonchev–Trinajstić information content (AvgIpc) is 1.87. The van der Waals surface area contributed by atoms with Crippen molar-refractivity contribution in [2.45, 2.75) is 13.3 Å². The Morgan fingerprint density at radius 1 is 1.89 bits per heavy atom. The van der Waals surface area contributed by atoms with Crippen molar-refractivity contribution < 1.29 is 4.79 Å². The van der Waals surface area contributed by atoms with Gasteiger partial charge in [0.15, 0.2) is 0 Å². The molecule has 0 aliphatic rings. The predicted octanol–water partition coefficient (Wildman–Crippen LogP) is 0.282. The molecule has 0 radical (unpaired) electrons. The van der Waals surface area contributed by atoms with Gasteiger partial charge in [0.2, 0.25) is 5.91 Å². The highest BCUT2D eigenvalue weighted by Gasteiger charge is 2.08. The maximum atomic E-state index is 10.6. The van der Waals surface area contributed by atoms with Crippen LogP contribution < -0.4 is 5.32 Å². The molecule has 1 amide bonds. The second-order valence-electron chi connectivity index (χ2n) is 1.88. The fraction of sp³-hybridized carbons (Fsp3) is 0.667. The first-order valence-corrected chi connectivity index (χ1v) is 2.81. The summed E-state index contributed by atoms with van der Waals surface area (Å²) in [4.78, 5) is 10.6. The van der Waals surface area contributed by atoms with E-state index in [1.807, 2.05) is 6.07 Å². The molecule has 3 heteroatoms. The zero-order chi connectivity index (χ0) is 7.28. The molecule has 0 rings (SSSR count). The van der Waals surface area contributed by atoms with E-state index in [1.165, 1.54) is 0 Å². The van der Waals surface area contributed by atoms with Gasteiger partial charge in [-0.15, -0.1) is 0 Å². The van der Waals surface area contributed by atoms with Crippen LogP contribution in [0.5, 0.6) is 0 Å². The fourth-order valence-corrected chi connectivity index (χ4v) is 0.476. The van der Waals surface area contributed by atoms with E-state index in [0.717, 1.165) is 0 Å². The fourth-order valence-electron chi connectivity index (χ4n) is 0.476. The van der Waals surface area contributed by atoms with Gasteiger partial charge < -0.3 is 5.32 Å². The van der Waals surface area contributed by atoms with Crippen LogP contribution in [0.2, 0.25) is 0 Å². The van der Waals surface area contributed by atoms with E-state index in [0.29, 0.717) is 6.42 Å². The number of hydrogen-bond acceptors (Lipinski definition) is 2. The lowest BCUT2D eigenvalue weighted by Gasteiger charge is -2.02. The van der Waals surface area contributed by atoms with Crippen molar-refractivity contribution in [3.63, 3.8) is 0 Å². The minimum absolute atomic E-state index is 0.0726. The average molecular weight is 126 g/mol. The minimum Gasteiger partial charge on any atom is -0.359 e. The van der Waals surface area contributed by atoms with Crippen molar-refractivity contribution in [1.29, 1.82) is 5.26 Å². The molecule has 0 aliphatic heterocycles. The summed E-state index contributed by atoms with van der Waals surface area (Å²) in [5.41, 5.74) is 0. The van der Waals surface area contributed by atoms with Gasteiger partial charge in [-0.25, -0.2) is 0 Å². The molecule has 0 saturated heterocycles. The Morgan fingerprint density at radius 2 is 2.44 bits per heavy atom. The van der Waals surface area contributed by atoms with Gasteiger partial charge in [0.05, 0.1) is 6.07 Å². The first-order valence-electron chi connectivity index (χ1n) is 2.81. The van der Waals surface area contributed by atoms with E-state index in [-0.39, 0.29) is 11.8 Å². The highest BCUT2D eigenvalue weighted by atomic mass is 16.1. The van der Waals surface area contributed by atoms with Gasteiger partial charge in [0.1, 0.15) is 0 Å². The van der Waals surface area contributed by atoms with Crippen molar-refractivity contribution in [2.24, 2.45) is 5.92 Å². The molecule has 0 saturated carbocycles. The lowest BCUT2D eigenvalue weighted by Crippen LogP contribution is -2.24. The Hall–Kier alpha value is -1.04. The van der Waals surface area contributed by atoms with Crippen LogP contribution in [0.3, 0.4) is 0 Å². The molecule has 0 aromatic heterocycles. The van der Waals surface area contributed by atoms with E-state index in [1.54, 1.807) is 14.0 Å². The number of carbonyl (C=O) groups is 1.